The summed E-state index contributed by atoms with van der Waals surface area (Å²) in [6, 6.07) is 2.33. The van der Waals surface area contributed by atoms with Crippen molar-refractivity contribution in [1.29, 1.82) is 0 Å². The van der Waals surface area contributed by atoms with Crippen molar-refractivity contribution in [2.45, 2.75) is 26.1 Å². The lowest BCUT2D eigenvalue weighted by Crippen LogP contribution is -2.48. The molecule has 3 nitrogen and oxygen atoms in total. The Kier molecular flexibility index (Phi) is 4.33. The van der Waals surface area contributed by atoms with E-state index in [0.29, 0.717) is 13.1 Å². The number of ether oxygens (including phenoxy) is 1. The molecule has 0 aliphatic carbocycles. The normalized spacial score (nSPS) is 23.5. The predicted octanol–water partition coefficient (Wildman–Crippen LogP) is 3.38. The molecule has 1 fully saturated rings. The molecule has 1 heterocycles. The molecule has 0 bridgehead atoms. The van der Waals surface area contributed by atoms with Crippen LogP contribution in [0.1, 0.15) is 24.2 Å². The Labute approximate surface area is 121 Å². The molecule has 1 aromatic carbocycles. The molecule has 1 saturated heterocycles. The number of halogens is 3. The van der Waals surface area contributed by atoms with E-state index >= 15 is 0 Å². The highest BCUT2D eigenvalue weighted by Gasteiger charge is 2.28. The van der Waals surface area contributed by atoms with E-state index in [1.54, 1.807) is 4.90 Å². The highest BCUT2D eigenvalue weighted by Crippen LogP contribution is 2.26. The maximum absolute atomic E-state index is 13.5. The molecule has 0 spiro atoms. The number of hydrogen-bond donors (Lipinski definition) is 0. The zero-order chi connectivity index (χ0) is 14.2. The molecule has 19 heavy (non-hydrogen) atoms. The van der Waals surface area contributed by atoms with Crippen molar-refractivity contribution in [3.63, 3.8) is 0 Å². The molecule has 0 N–H and O–H groups in total. The standard InChI is InChI=1S/C13H14Cl2FNO2/c1-7-5-17(6-8(2)19-7)13(18)9-3-12(16)11(15)4-10(9)14/h3-4,7-8H,5-6H2,1-2H3/t7-,8+. The van der Waals surface area contributed by atoms with Crippen LogP contribution < -0.4 is 0 Å². The number of carbonyl (C=O) groups is 1. The van der Waals surface area contributed by atoms with E-state index in [1.165, 1.54) is 6.07 Å². The van der Waals surface area contributed by atoms with Crippen LogP contribution in [-0.2, 0) is 4.74 Å². The molecule has 104 valence electrons. The van der Waals surface area contributed by atoms with Gasteiger partial charge in [-0.05, 0) is 26.0 Å². The van der Waals surface area contributed by atoms with Crippen LogP contribution in [-0.4, -0.2) is 36.1 Å². The van der Waals surface area contributed by atoms with Gasteiger partial charge in [-0.3, -0.25) is 4.79 Å². The van der Waals surface area contributed by atoms with Crippen molar-refractivity contribution in [3.8, 4) is 0 Å². The summed E-state index contributed by atoms with van der Waals surface area (Å²) in [4.78, 5) is 14.0. The molecule has 0 radical (unpaired) electrons. The smallest absolute Gasteiger partial charge is 0.255 e. The van der Waals surface area contributed by atoms with E-state index in [0.717, 1.165) is 6.07 Å². The van der Waals surface area contributed by atoms with Gasteiger partial charge < -0.3 is 9.64 Å². The van der Waals surface area contributed by atoms with Gasteiger partial charge in [0.1, 0.15) is 5.82 Å². The van der Waals surface area contributed by atoms with Crippen molar-refractivity contribution >= 4 is 29.1 Å². The van der Waals surface area contributed by atoms with Gasteiger partial charge in [-0.25, -0.2) is 4.39 Å². The highest BCUT2D eigenvalue weighted by molar-refractivity contribution is 6.36. The third kappa shape index (κ3) is 3.19. The third-order valence-electron chi connectivity index (χ3n) is 2.95. The average molecular weight is 306 g/mol. The summed E-state index contributed by atoms with van der Waals surface area (Å²) in [6.07, 6.45) is -0.104. The first-order valence-electron chi connectivity index (χ1n) is 5.97. The second-order valence-electron chi connectivity index (χ2n) is 4.71. The van der Waals surface area contributed by atoms with Gasteiger partial charge in [0.2, 0.25) is 0 Å². The number of rotatable bonds is 1. The van der Waals surface area contributed by atoms with E-state index in [-0.39, 0.29) is 33.7 Å². The summed E-state index contributed by atoms with van der Waals surface area (Å²) in [5.41, 5.74) is 0.130. The monoisotopic (exact) mass is 305 g/mol. The number of nitrogens with zero attached hydrogens (tertiary/aromatic N) is 1. The van der Waals surface area contributed by atoms with E-state index in [2.05, 4.69) is 0 Å². The average Bonchev–Trinajstić information content (AvgIpc) is 2.31. The van der Waals surface area contributed by atoms with E-state index < -0.39 is 5.82 Å². The van der Waals surface area contributed by atoms with Gasteiger partial charge >= 0.3 is 0 Å². The Bertz CT molecular complexity index is 500. The maximum Gasteiger partial charge on any atom is 0.255 e. The van der Waals surface area contributed by atoms with Crippen LogP contribution >= 0.6 is 23.2 Å². The minimum absolute atomic E-state index is 0.0522. The number of hydrogen-bond acceptors (Lipinski definition) is 2. The van der Waals surface area contributed by atoms with Gasteiger partial charge in [-0.15, -0.1) is 0 Å². The molecule has 1 aromatic rings. The van der Waals surface area contributed by atoms with Gasteiger partial charge in [0.05, 0.1) is 27.8 Å². The van der Waals surface area contributed by atoms with Crippen LogP contribution in [0.15, 0.2) is 12.1 Å². The summed E-state index contributed by atoms with van der Waals surface area (Å²) in [7, 11) is 0. The van der Waals surface area contributed by atoms with Crippen LogP contribution in [0.25, 0.3) is 0 Å². The number of benzene rings is 1. The molecule has 2 rings (SSSR count). The second-order valence-corrected chi connectivity index (χ2v) is 5.53. The molecule has 1 aliphatic rings. The lowest BCUT2D eigenvalue weighted by Gasteiger charge is -2.35. The highest BCUT2D eigenvalue weighted by atomic mass is 35.5. The number of carbonyl (C=O) groups excluding carboxylic acids is 1. The first-order chi connectivity index (χ1) is 8.88. The summed E-state index contributed by atoms with van der Waals surface area (Å²) in [5.74, 6) is -0.952. The van der Waals surface area contributed by atoms with Crippen molar-refractivity contribution in [1.82, 2.24) is 4.90 Å². The Hall–Kier alpha value is -0.840. The summed E-state index contributed by atoms with van der Waals surface area (Å²) in [5, 5.41) is 0.0634. The molecule has 0 unspecified atom stereocenters. The molecule has 6 heteroatoms. The zero-order valence-electron chi connectivity index (χ0n) is 10.6. The van der Waals surface area contributed by atoms with Gasteiger partial charge in [-0.1, -0.05) is 23.2 Å². The molecule has 1 amide bonds. The van der Waals surface area contributed by atoms with Crippen LogP contribution in [0.4, 0.5) is 4.39 Å². The van der Waals surface area contributed by atoms with Crippen LogP contribution in [0.3, 0.4) is 0 Å². The minimum atomic E-state index is -0.649. The number of amides is 1. The molecule has 0 aromatic heterocycles. The lowest BCUT2D eigenvalue weighted by molar-refractivity contribution is -0.0586. The molecule has 1 aliphatic heterocycles. The van der Waals surface area contributed by atoms with Crippen LogP contribution in [0, 0.1) is 5.82 Å². The van der Waals surface area contributed by atoms with Gasteiger partial charge in [0.25, 0.3) is 5.91 Å². The quantitative estimate of drug-likeness (QED) is 0.744. The Balaban J connectivity index is 2.26. The molecule has 0 saturated carbocycles. The first-order valence-corrected chi connectivity index (χ1v) is 6.73. The van der Waals surface area contributed by atoms with Gasteiger partial charge in [0.15, 0.2) is 0 Å². The summed E-state index contributed by atoms with van der Waals surface area (Å²) < 4.78 is 19.0. The predicted molar refractivity (Wildman–Crippen MR) is 72.3 cm³/mol. The van der Waals surface area contributed by atoms with E-state index in [9.17, 15) is 9.18 Å². The van der Waals surface area contributed by atoms with E-state index in [1.807, 2.05) is 13.8 Å². The molecular formula is C13H14Cl2FNO2. The van der Waals surface area contributed by atoms with Gasteiger partial charge in [-0.2, -0.15) is 0 Å². The molecule has 2 atom stereocenters. The summed E-state index contributed by atoms with van der Waals surface area (Å²) in [6.45, 7) is 4.70. The molecular weight excluding hydrogens is 292 g/mol. The first kappa shape index (κ1) is 14.6. The summed E-state index contributed by atoms with van der Waals surface area (Å²) >= 11 is 11.6. The fraction of sp³-hybridized carbons (Fsp3) is 0.462. The number of morpholine rings is 1. The largest absolute Gasteiger partial charge is 0.372 e. The van der Waals surface area contributed by atoms with Crippen molar-refractivity contribution in [2.75, 3.05) is 13.1 Å². The Morgan fingerprint density at radius 2 is 1.84 bits per heavy atom. The van der Waals surface area contributed by atoms with Crippen LogP contribution in [0.5, 0.6) is 0 Å². The van der Waals surface area contributed by atoms with Crippen molar-refractivity contribution < 1.29 is 13.9 Å². The Morgan fingerprint density at radius 3 is 2.42 bits per heavy atom. The van der Waals surface area contributed by atoms with Crippen LogP contribution in [0.2, 0.25) is 10.0 Å². The van der Waals surface area contributed by atoms with Gasteiger partial charge in [0, 0.05) is 13.1 Å². The third-order valence-corrected chi connectivity index (χ3v) is 3.55. The topological polar surface area (TPSA) is 29.5 Å². The maximum atomic E-state index is 13.5. The van der Waals surface area contributed by atoms with Crippen molar-refractivity contribution in [3.05, 3.63) is 33.6 Å². The second kappa shape index (κ2) is 5.65. The van der Waals surface area contributed by atoms with E-state index in [4.69, 9.17) is 27.9 Å². The lowest BCUT2D eigenvalue weighted by atomic mass is 10.1. The zero-order valence-corrected chi connectivity index (χ0v) is 12.1. The minimum Gasteiger partial charge on any atom is -0.372 e. The fourth-order valence-electron chi connectivity index (χ4n) is 2.20. The Morgan fingerprint density at radius 1 is 1.26 bits per heavy atom. The SMILES string of the molecule is C[C@@H]1CN(C(=O)c2cc(F)c(Cl)cc2Cl)C[C@H](C)O1. The fourth-order valence-corrected chi connectivity index (χ4v) is 2.66. The van der Waals surface area contributed by atoms with Crippen molar-refractivity contribution in [2.24, 2.45) is 0 Å².